The molecule has 0 bridgehead atoms. The summed E-state index contributed by atoms with van der Waals surface area (Å²) in [6.45, 7) is 6.39. The van der Waals surface area contributed by atoms with Crippen LogP contribution in [0.25, 0.3) is 33.2 Å². The van der Waals surface area contributed by atoms with E-state index in [4.69, 9.17) is 4.42 Å². The number of nitriles is 1. The SMILES string of the molecule is Cc1ccc2oc3c(C(C)C)cc(C#N)cc3c2c1-c1cccc[n+]1C. The molecular weight excluding hydrogens is 320 g/mol. The van der Waals surface area contributed by atoms with Crippen molar-refractivity contribution >= 4 is 21.9 Å². The molecule has 128 valence electrons. The number of rotatable bonds is 2. The smallest absolute Gasteiger partial charge is 0.213 e. The Morgan fingerprint density at radius 3 is 2.62 bits per heavy atom. The fourth-order valence-electron chi connectivity index (χ4n) is 3.71. The largest absolute Gasteiger partial charge is 0.456 e. The van der Waals surface area contributed by atoms with Crippen LogP contribution in [0.1, 0.15) is 36.5 Å². The summed E-state index contributed by atoms with van der Waals surface area (Å²) >= 11 is 0. The molecule has 0 saturated carbocycles. The second-order valence-electron chi connectivity index (χ2n) is 7.14. The highest BCUT2D eigenvalue weighted by atomic mass is 16.3. The number of fused-ring (bicyclic) bond motifs is 3. The van der Waals surface area contributed by atoms with Gasteiger partial charge in [0.2, 0.25) is 5.69 Å². The topological polar surface area (TPSA) is 40.8 Å². The summed E-state index contributed by atoms with van der Waals surface area (Å²) in [4.78, 5) is 0. The van der Waals surface area contributed by atoms with Crippen molar-refractivity contribution in [2.45, 2.75) is 26.7 Å². The molecule has 0 spiro atoms. The number of aryl methyl sites for hydroxylation is 2. The monoisotopic (exact) mass is 341 g/mol. The Hall–Kier alpha value is -3.12. The van der Waals surface area contributed by atoms with Gasteiger partial charge >= 0.3 is 0 Å². The summed E-state index contributed by atoms with van der Waals surface area (Å²) in [5.41, 5.74) is 6.99. The summed E-state index contributed by atoms with van der Waals surface area (Å²) in [6.07, 6.45) is 2.05. The van der Waals surface area contributed by atoms with Gasteiger partial charge in [-0.3, -0.25) is 0 Å². The number of furan rings is 1. The zero-order valence-corrected chi connectivity index (χ0v) is 15.5. The number of benzene rings is 2. The van der Waals surface area contributed by atoms with E-state index < -0.39 is 0 Å². The van der Waals surface area contributed by atoms with Gasteiger partial charge in [0.15, 0.2) is 6.20 Å². The molecule has 2 aromatic heterocycles. The molecule has 2 heterocycles. The van der Waals surface area contributed by atoms with Gasteiger partial charge in [-0.15, -0.1) is 0 Å². The molecule has 0 unspecified atom stereocenters. The second kappa shape index (κ2) is 6.00. The van der Waals surface area contributed by atoms with Gasteiger partial charge in [-0.1, -0.05) is 19.9 Å². The predicted octanol–water partition coefficient (Wildman–Crippen LogP) is 5.38. The average Bonchev–Trinajstić information content (AvgIpc) is 3.00. The van der Waals surface area contributed by atoms with Crippen LogP contribution in [0.4, 0.5) is 0 Å². The van der Waals surface area contributed by atoms with Crippen molar-refractivity contribution in [1.29, 1.82) is 5.26 Å². The Balaban J connectivity index is 2.22. The van der Waals surface area contributed by atoms with E-state index in [9.17, 15) is 5.26 Å². The Morgan fingerprint density at radius 1 is 1.12 bits per heavy atom. The molecule has 0 fully saturated rings. The van der Waals surface area contributed by atoms with Crippen molar-refractivity contribution in [2.75, 3.05) is 0 Å². The molecule has 3 heteroatoms. The summed E-state index contributed by atoms with van der Waals surface area (Å²) < 4.78 is 8.41. The molecule has 4 aromatic rings. The van der Waals surface area contributed by atoms with E-state index in [1.54, 1.807) is 0 Å². The minimum atomic E-state index is 0.281. The highest BCUT2D eigenvalue weighted by molar-refractivity contribution is 6.13. The summed E-state index contributed by atoms with van der Waals surface area (Å²) in [5, 5.41) is 11.6. The molecule has 0 amide bonds. The summed E-state index contributed by atoms with van der Waals surface area (Å²) in [5.74, 6) is 0.281. The third-order valence-electron chi connectivity index (χ3n) is 5.04. The molecule has 0 aliphatic carbocycles. The average molecular weight is 341 g/mol. The van der Waals surface area contributed by atoms with Crippen molar-refractivity contribution in [3.8, 4) is 17.3 Å². The Labute approximate surface area is 153 Å². The van der Waals surface area contributed by atoms with E-state index in [1.165, 1.54) is 5.56 Å². The lowest BCUT2D eigenvalue weighted by molar-refractivity contribution is -0.660. The van der Waals surface area contributed by atoms with Gasteiger partial charge in [0.25, 0.3) is 0 Å². The normalized spacial score (nSPS) is 11.4. The van der Waals surface area contributed by atoms with Crippen LogP contribution in [0, 0.1) is 18.3 Å². The Kier molecular flexibility index (Phi) is 3.77. The van der Waals surface area contributed by atoms with Gasteiger partial charge in [0.05, 0.1) is 17.2 Å². The third-order valence-corrected chi connectivity index (χ3v) is 5.04. The summed E-state index contributed by atoms with van der Waals surface area (Å²) in [7, 11) is 2.05. The van der Waals surface area contributed by atoms with Crippen LogP contribution in [-0.4, -0.2) is 0 Å². The van der Waals surface area contributed by atoms with Crippen LogP contribution < -0.4 is 4.57 Å². The van der Waals surface area contributed by atoms with E-state index >= 15 is 0 Å². The molecule has 4 rings (SSSR count). The van der Waals surface area contributed by atoms with Crippen LogP contribution in [0.5, 0.6) is 0 Å². The van der Waals surface area contributed by atoms with Gasteiger partial charge in [0, 0.05) is 22.9 Å². The molecule has 0 aliphatic rings. The van der Waals surface area contributed by atoms with E-state index in [2.05, 4.69) is 62.9 Å². The predicted molar refractivity (Wildman–Crippen MR) is 104 cm³/mol. The minimum Gasteiger partial charge on any atom is -0.456 e. The number of aromatic nitrogens is 1. The Morgan fingerprint density at radius 2 is 1.92 bits per heavy atom. The lowest BCUT2D eigenvalue weighted by Gasteiger charge is -2.08. The first kappa shape index (κ1) is 16.4. The fourth-order valence-corrected chi connectivity index (χ4v) is 3.71. The number of nitrogens with zero attached hydrogens (tertiary/aromatic N) is 2. The van der Waals surface area contributed by atoms with E-state index in [-0.39, 0.29) is 5.92 Å². The minimum absolute atomic E-state index is 0.281. The van der Waals surface area contributed by atoms with Gasteiger partial charge < -0.3 is 4.42 Å². The van der Waals surface area contributed by atoms with Crippen molar-refractivity contribution in [3.05, 3.63) is 65.4 Å². The summed E-state index contributed by atoms with van der Waals surface area (Å²) in [6, 6.07) is 16.6. The quantitative estimate of drug-likeness (QED) is 0.459. The molecular formula is C23H21N2O+. The second-order valence-corrected chi connectivity index (χ2v) is 7.14. The number of hydrogen-bond acceptors (Lipinski definition) is 2. The zero-order chi connectivity index (χ0) is 18.4. The van der Waals surface area contributed by atoms with Crippen LogP contribution in [-0.2, 0) is 7.05 Å². The van der Waals surface area contributed by atoms with Crippen LogP contribution in [0.3, 0.4) is 0 Å². The lowest BCUT2D eigenvalue weighted by atomic mass is 9.94. The molecule has 2 aromatic carbocycles. The van der Waals surface area contributed by atoms with Gasteiger partial charge in [0.1, 0.15) is 18.2 Å². The third kappa shape index (κ3) is 2.38. The maximum atomic E-state index is 9.51. The molecule has 0 saturated heterocycles. The van der Waals surface area contributed by atoms with Crippen molar-refractivity contribution < 1.29 is 8.98 Å². The Bertz CT molecular complexity index is 1190. The van der Waals surface area contributed by atoms with Crippen LogP contribution in [0.15, 0.2) is 53.1 Å². The van der Waals surface area contributed by atoms with Crippen molar-refractivity contribution in [1.82, 2.24) is 0 Å². The molecule has 0 aliphatic heterocycles. The first-order valence-electron chi connectivity index (χ1n) is 8.86. The van der Waals surface area contributed by atoms with E-state index in [0.29, 0.717) is 5.56 Å². The highest BCUT2D eigenvalue weighted by Crippen LogP contribution is 2.40. The first-order valence-corrected chi connectivity index (χ1v) is 8.86. The highest BCUT2D eigenvalue weighted by Gasteiger charge is 2.22. The van der Waals surface area contributed by atoms with Crippen LogP contribution in [0.2, 0.25) is 0 Å². The van der Waals surface area contributed by atoms with Crippen molar-refractivity contribution in [3.63, 3.8) is 0 Å². The van der Waals surface area contributed by atoms with E-state index in [0.717, 1.165) is 38.8 Å². The first-order chi connectivity index (χ1) is 12.5. The molecule has 0 N–H and O–H groups in total. The number of pyridine rings is 1. The van der Waals surface area contributed by atoms with Crippen LogP contribution >= 0.6 is 0 Å². The fraction of sp³-hybridized carbons (Fsp3) is 0.217. The lowest BCUT2D eigenvalue weighted by Crippen LogP contribution is -2.30. The molecule has 3 nitrogen and oxygen atoms in total. The van der Waals surface area contributed by atoms with Gasteiger partial charge in [-0.25, -0.2) is 4.57 Å². The number of hydrogen-bond donors (Lipinski definition) is 0. The maximum Gasteiger partial charge on any atom is 0.213 e. The van der Waals surface area contributed by atoms with E-state index in [1.807, 2.05) is 24.3 Å². The zero-order valence-electron chi connectivity index (χ0n) is 15.5. The van der Waals surface area contributed by atoms with Gasteiger partial charge in [-0.05, 0) is 48.2 Å². The standard InChI is InChI=1S/C23H21N2O/c1-14(2)17-11-16(13-24)12-18-22-20(26-23(17)18)9-8-15(3)21(22)19-7-5-6-10-25(19)4/h5-12,14H,1-4H3/q+1. The molecule has 0 atom stereocenters. The van der Waals surface area contributed by atoms with Crippen molar-refractivity contribution in [2.24, 2.45) is 7.05 Å². The molecule has 0 radical (unpaired) electrons. The molecule has 26 heavy (non-hydrogen) atoms. The van der Waals surface area contributed by atoms with Gasteiger partial charge in [-0.2, -0.15) is 5.26 Å². The maximum absolute atomic E-state index is 9.51.